The fourth-order valence-corrected chi connectivity index (χ4v) is 2.85. The summed E-state index contributed by atoms with van der Waals surface area (Å²) in [4.78, 5) is 2.25. The van der Waals surface area contributed by atoms with E-state index in [9.17, 15) is 5.11 Å². The van der Waals surface area contributed by atoms with E-state index in [0.717, 1.165) is 48.3 Å². The zero-order valence-corrected chi connectivity index (χ0v) is 14.1. The summed E-state index contributed by atoms with van der Waals surface area (Å²) in [5, 5.41) is 10.1. The van der Waals surface area contributed by atoms with Crippen LogP contribution in [0, 0.1) is 11.8 Å². The van der Waals surface area contributed by atoms with Gasteiger partial charge in [0.2, 0.25) is 0 Å². The fraction of sp³-hybridized carbons (Fsp3) is 0.273. The number of nitrogens with zero attached hydrogens (tertiary/aromatic N) is 1. The molecule has 0 unspecified atom stereocenters. The fourth-order valence-electron chi connectivity index (χ4n) is 2.85. The summed E-state index contributed by atoms with van der Waals surface area (Å²) in [5.74, 6) is 6.36. The molecule has 122 valence electrons. The first-order valence-corrected chi connectivity index (χ1v) is 8.37. The topological polar surface area (TPSA) is 23.5 Å². The average molecular weight is 317 g/mol. The highest BCUT2D eigenvalue weighted by Gasteiger charge is 2.27. The van der Waals surface area contributed by atoms with Crippen molar-refractivity contribution in [1.29, 1.82) is 0 Å². The second-order valence-corrected chi connectivity index (χ2v) is 6.62. The minimum Gasteiger partial charge on any atom is -0.390 e. The number of piperidine rings is 1. The molecule has 24 heavy (non-hydrogen) atoms. The number of likely N-dealkylation sites (tertiary alicyclic amines) is 1. The minimum absolute atomic E-state index is 0.534. The van der Waals surface area contributed by atoms with Crippen molar-refractivity contribution in [2.24, 2.45) is 0 Å². The van der Waals surface area contributed by atoms with Crippen LogP contribution in [0.4, 0.5) is 0 Å². The van der Waals surface area contributed by atoms with Crippen molar-refractivity contribution in [1.82, 2.24) is 4.90 Å². The number of aliphatic hydroxyl groups is 1. The first-order chi connectivity index (χ1) is 11.5. The molecule has 1 saturated heterocycles. The molecule has 1 aliphatic rings. The van der Waals surface area contributed by atoms with Gasteiger partial charge < -0.3 is 10.0 Å². The van der Waals surface area contributed by atoms with Crippen molar-refractivity contribution in [3.05, 3.63) is 77.9 Å². The van der Waals surface area contributed by atoms with Crippen LogP contribution >= 0.6 is 0 Å². The van der Waals surface area contributed by atoms with Crippen LogP contribution in [-0.2, 0) is 0 Å². The second-order valence-electron chi connectivity index (χ2n) is 6.62. The Hall–Kier alpha value is -2.50. The second kappa shape index (κ2) is 6.95. The molecule has 0 bridgehead atoms. The molecule has 1 N–H and O–H groups in total. The molecule has 0 atom stereocenters. The normalized spacial score (nSPS) is 16.2. The van der Waals surface area contributed by atoms with Crippen LogP contribution in [-0.4, -0.2) is 28.7 Å². The van der Waals surface area contributed by atoms with Crippen molar-refractivity contribution in [3.63, 3.8) is 0 Å². The smallest absolute Gasteiger partial charge is 0.0653 e. The van der Waals surface area contributed by atoms with E-state index in [1.807, 2.05) is 49.4 Å². The molecule has 1 heterocycles. The van der Waals surface area contributed by atoms with Crippen LogP contribution in [0.15, 0.2) is 61.2 Å². The lowest BCUT2D eigenvalue weighted by atomic mass is 9.93. The van der Waals surface area contributed by atoms with Gasteiger partial charge in [-0.25, -0.2) is 0 Å². The van der Waals surface area contributed by atoms with E-state index in [1.165, 1.54) is 0 Å². The highest BCUT2D eigenvalue weighted by molar-refractivity contribution is 5.63. The molecule has 2 heteroatoms. The van der Waals surface area contributed by atoms with Gasteiger partial charge in [-0.15, -0.1) is 0 Å². The quantitative estimate of drug-likeness (QED) is 0.849. The van der Waals surface area contributed by atoms with E-state index < -0.39 is 5.60 Å². The molecular formula is C22H23NO. The van der Waals surface area contributed by atoms with E-state index in [0.29, 0.717) is 0 Å². The zero-order valence-electron chi connectivity index (χ0n) is 14.1. The summed E-state index contributed by atoms with van der Waals surface area (Å²) >= 11 is 0. The van der Waals surface area contributed by atoms with Crippen molar-refractivity contribution >= 4 is 5.70 Å². The van der Waals surface area contributed by atoms with E-state index >= 15 is 0 Å². The van der Waals surface area contributed by atoms with Crippen LogP contribution in [0.1, 0.15) is 36.5 Å². The van der Waals surface area contributed by atoms with E-state index in [1.54, 1.807) is 0 Å². The summed E-state index contributed by atoms with van der Waals surface area (Å²) in [5.41, 5.74) is 3.62. The molecule has 3 rings (SSSR count). The summed E-state index contributed by atoms with van der Waals surface area (Å²) in [6.45, 7) is 7.84. The lowest BCUT2D eigenvalue weighted by molar-refractivity contribution is 0.00795. The van der Waals surface area contributed by atoms with Gasteiger partial charge in [0.25, 0.3) is 0 Å². The molecular weight excluding hydrogens is 294 g/mol. The van der Waals surface area contributed by atoms with E-state index in [2.05, 4.69) is 35.5 Å². The molecule has 0 spiro atoms. The van der Waals surface area contributed by atoms with Gasteiger partial charge in [0, 0.05) is 29.9 Å². The lowest BCUT2D eigenvalue weighted by Gasteiger charge is -2.38. The van der Waals surface area contributed by atoms with Gasteiger partial charge in [-0.3, -0.25) is 0 Å². The lowest BCUT2D eigenvalue weighted by Crippen LogP contribution is -2.41. The largest absolute Gasteiger partial charge is 0.390 e. The molecule has 0 amide bonds. The molecule has 2 nitrogen and oxygen atoms in total. The van der Waals surface area contributed by atoms with Crippen LogP contribution in [0.2, 0.25) is 0 Å². The summed E-state index contributed by atoms with van der Waals surface area (Å²) in [6, 6.07) is 18.2. The molecule has 2 aromatic carbocycles. The average Bonchev–Trinajstić information content (AvgIpc) is 2.61. The van der Waals surface area contributed by atoms with Gasteiger partial charge in [0.05, 0.1) is 5.60 Å². The summed E-state index contributed by atoms with van der Waals surface area (Å²) < 4.78 is 0. The van der Waals surface area contributed by atoms with Gasteiger partial charge in [0.15, 0.2) is 0 Å². The Morgan fingerprint density at radius 2 is 1.50 bits per heavy atom. The Bertz CT molecular complexity index is 753. The van der Waals surface area contributed by atoms with Gasteiger partial charge in [0.1, 0.15) is 0 Å². The molecule has 1 fully saturated rings. The number of hydrogen-bond acceptors (Lipinski definition) is 2. The summed E-state index contributed by atoms with van der Waals surface area (Å²) in [7, 11) is 0. The maximum atomic E-state index is 10.1. The van der Waals surface area contributed by atoms with Crippen molar-refractivity contribution < 1.29 is 5.11 Å². The Morgan fingerprint density at radius 3 is 2.08 bits per heavy atom. The predicted molar refractivity (Wildman–Crippen MR) is 99.3 cm³/mol. The van der Waals surface area contributed by atoms with E-state index in [-0.39, 0.29) is 0 Å². The highest BCUT2D eigenvalue weighted by atomic mass is 16.3. The third kappa shape index (κ3) is 4.07. The van der Waals surface area contributed by atoms with Crippen LogP contribution in [0.25, 0.3) is 5.70 Å². The van der Waals surface area contributed by atoms with Gasteiger partial charge in [-0.2, -0.15) is 0 Å². The third-order valence-electron chi connectivity index (χ3n) is 4.57. The van der Waals surface area contributed by atoms with Crippen LogP contribution < -0.4 is 0 Å². The highest BCUT2D eigenvalue weighted by Crippen LogP contribution is 2.27. The van der Waals surface area contributed by atoms with Crippen molar-refractivity contribution in [2.75, 3.05) is 13.1 Å². The van der Waals surface area contributed by atoms with Gasteiger partial charge in [-0.1, -0.05) is 48.8 Å². The Kier molecular flexibility index (Phi) is 4.74. The summed E-state index contributed by atoms with van der Waals surface area (Å²) in [6.07, 6.45) is 1.57. The first kappa shape index (κ1) is 16.4. The molecule has 1 aliphatic heterocycles. The van der Waals surface area contributed by atoms with Crippen molar-refractivity contribution in [2.45, 2.75) is 25.4 Å². The Morgan fingerprint density at radius 1 is 0.958 bits per heavy atom. The minimum atomic E-state index is -0.534. The Labute approximate surface area is 144 Å². The number of benzene rings is 2. The zero-order chi connectivity index (χ0) is 17.0. The molecule has 0 saturated carbocycles. The van der Waals surface area contributed by atoms with Crippen LogP contribution in [0.3, 0.4) is 0 Å². The van der Waals surface area contributed by atoms with Gasteiger partial charge >= 0.3 is 0 Å². The predicted octanol–water partition coefficient (Wildman–Crippen LogP) is 3.90. The van der Waals surface area contributed by atoms with E-state index in [4.69, 9.17) is 0 Å². The molecule has 0 aliphatic carbocycles. The maximum absolute atomic E-state index is 10.1. The third-order valence-corrected chi connectivity index (χ3v) is 4.57. The van der Waals surface area contributed by atoms with Crippen LogP contribution in [0.5, 0.6) is 0 Å². The molecule has 0 radical (unpaired) electrons. The van der Waals surface area contributed by atoms with Gasteiger partial charge in [-0.05, 0) is 49.6 Å². The number of rotatable bonds is 2. The molecule has 2 aromatic rings. The van der Waals surface area contributed by atoms with Crippen molar-refractivity contribution in [3.8, 4) is 11.8 Å². The number of hydrogen-bond donors (Lipinski definition) is 1. The standard InChI is InChI=1S/C22H23NO/c1-18(23-16-14-22(2,24)15-17-23)21-12-10-20(11-13-21)9-8-19-6-4-3-5-7-19/h3-7,10-13,24H,1,14-17H2,2H3. The first-order valence-electron chi connectivity index (χ1n) is 8.37. The SMILES string of the molecule is C=C(c1ccc(C#Cc2ccccc2)cc1)N1CCC(C)(O)CC1. The Balaban J connectivity index is 1.66. The maximum Gasteiger partial charge on any atom is 0.0653 e. The monoisotopic (exact) mass is 317 g/mol. The molecule has 0 aromatic heterocycles.